The number of thioether (sulfide) groups is 1. The number of benzene rings is 1. The topological polar surface area (TPSA) is 30.9 Å². The molecule has 1 aliphatic heterocycles. The summed E-state index contributed by atoms with van der Waals surface area (Å²) in [5.41, 5.74) is 1.15. The van der Waals surface area contributed by atoms with Crippen molar-refractivity contribution >= 4 is 11.8 Å². The van der Waals surface area contributed by atoms with E-state index in [2.05, 4.69) is 4.90 Å². The highest BCUT2D eigenvalue weighted by molar-refractivity contribution is 7.99. The van der Waals surface area contributed by atoms with E-state index in [-0.39, 0.29) is 0 Å². The molecule has 0 unspecified atom stereocenters. The van der Waals surface area contributed by atoms with E-state index in [1.54, 1.807) is 21.3 Å². The van der Waals surface area contributed by atoms with E-state index in [0.29, 0.717) is 5.75 Å². The van der Waals surface area contributed by atoms with Crippen molar-refractivity contribution in [3.05, 3.63) is 17.7 Å². The van der Waals surface area contributed by atoms with E-state index in [4.69, 9.17) is 14.2 Å². The lowest BCUT2D eigenvalue weighted by Crippen LogP contribution is -2.32. The molecule has 1 fully saturated rings. The molecule has 0 saturated carbocycles. The van der Waals surface area contributed by atoms with Gasteiger partial charge in [-0.1, -0.05) is 0 Å². The fourth-order valence-electron chi connectivity index (χ4n) is 2.22. The summed E-state index contributed by atoms with van der Waals surface area (Å²) in [5.74, 6) is 4.73. The minimum absolute atomic E-state index is 0.706. The van der Waals surface area contributed by atoms with Crippen molar-refractivity contribution in [2.24, 2.45) is 0 Å². The van der Waals surface area contributed by atoms with Crippen LogP contribution in [0, 0.1) is 0 Å². The Labute approximate surface area is 119 Å². The Morgan fingerprint density at radius 2 is 1.53 bits per heavy atom. The lowest BCUT2D eigenvalue weighted by atomic mass is 10.1. The lowest BCUT2D eigenvalue weighted by Gasteiger charge is -2.27. The van der Waals surface area contributed by atoms with Crippen LogP contribution in [-0.2, 0) is 6.54 Å². The summed E-state index contributed by atoms with van der Waals surface area (Å²) in [5, 5.41) is 0. The summed E-state index contributed by atoms with van der Waals surface area (Å²) in [6.07, 6.45) is 0. The van der Waals surface area contributed by atoms with E-state index in [1.165, 1.54) is 11.5 Å². The van der Waals surface area contributed by atoms with E-state index >= 15 is 0 Å². The zero-order valence-corrected chi connectivity index (χ0v) is 12.6. The molecule has 0 aromatic heterocycles. The predicted octanol–water partition coefficient (Wildman–Crippen LogP) is 2.26. The Balaban J connectivity index is 2.21. The van der Waals surface area contributed by atoms with Gasteiger partial charge in [0.15, 0.2) is 11.5 Å². The van der Waals surface area contributed by atoms with E-state index < -0.39 is 0 Å². The average molecular weight is 283 g/mol. The summed E-state index contributed by atoms with van der Waals surface area (Å²) in [6.45, 7) is 3.15. The van der Waals surface area contributed by atoms with Crippen molar-refractivity contribution in [3.63, 3.8) is 0 Å². The number of methoxy groups -OCH3 is 3. The van der Waals surface area contributed by atoms with Gasteiger partial charge in [-0.05, 0) is 6.07 Å². The van der Waals surface area contributed by atoms with Crippen molar-refractivity contribution < 1.29 is 14.2 Å². The highest BCUT2D eigenvalue weighted by atomic mass is 32.2. The molecule has 19 heavy (non-hydrogen) atoms. The zero-order chi connectivity index (χ0) is 13.7. The summed E-state index contributed by atoms with van der Waals surface area (Å²) < 4.78 is 16.1. The summed E-state index contributed by atoms with van der Waals surface area (Å²) in [7, 11) is 4.99. The van der Waals surface area contributed by atoms with Gasteiger partial charge in [-0.15, -0.1) is 0 Å². The van der Waals surface area contributed by atoms with Crippen LogP contribution in [0.1, 0.15) is 5.56 Å². The van der Waals surface area contributed by atoms with Gasteiger partial charge in [0.2, 0.25) is 0 Å². The maximum absolute atomic E-state index is 5.46. The first-order valence-corrected chi connectivity index (χ1v) is 7.53. The van der Waals surface area contributed by atoms with E-state index in [1.807, 2.05) is 23.9 Å². The molecule has 1 heterocycles. The molecule has 0 spiro atoms. The third-order valence-corrected chi connectivity index (χ3v) is 4.23. The molecular weight excluding hydrogens is 262 g/mol. The minimum Gasteiger partial charge on any atom is -0.496 e. The molecule has 0 N–H and O–H groups in total. The van der Waals surface area contributed by atoms with Gasteiger partial charge in [-0.25, -0.2) is 0 Å². The van der Waals surface area contributed by atoms with Gasteiger partial charge >= 0.3 is 0 Å². The largest absolute Gasteiger partial charge is 0.496 e. The van der Waals surface area contributed by atoms with Crippen LogP contribution in [-0.4, -0.2) is 50.8 Å². The third-order valence-electron chi connectivity index (χ3n) is 3.28. The van der Waals surface area contributed by atoms with Crippen LogP contribution < -0.4 is 14.2 Å². The summed E-state index contributed by atoms with van der Waals surface area (Å²) >= 11 is 2.02. The molecule has 0 amide bonds. The van der Waals surface area contributed by atoms with Gasteiger partial charge in [0.25, 0.3) is 0 Å². The van der Waals surface area contributed by atoms with Crippen LogP contribution >= 0.6 is 11.8 Å². The molecule has 0 atom stereocenters. The highest BCUT2D eigenvalue weighted by Gasteiger charge is 2.16. The standard InChI is InChI=1S/C14H21NO3S/c1-16-12-9-14(18-3)13(17-2)8-11(12)10-15-4-6-19-7-5-15/h8-9H,4-7,10H2,1-3H3. The molecule has 0 radical (unpaired) electrons. The second-order valence-electron chi connectivity index (χ2n) is 4.41. The SMILES string of the molecule is COc1cc(OC)c(OC)cc1CN1CCSCC1. The summed E-state index contributed by atoms with van der Waals surface area (Å²) in [6, 6.07) is 3.91. The van der Waals surface area contributed by atoms with Gasteiger partial charge in [-0.2, -0.15) is 11.8 Å². The molecule has 0 bridgehead atoms. The molecule has 1 aliphatic rings. The molecular formula is C14H21NO3S. The molecule has 106 valence electrons. The van der Waals surface area contributed by atoms with Gasteiger partial charge in [0.05, 0.1) is 21.3 Å². The number of nitrogens with zero attached hydrogens (tertiary/aromatic N) is 1. The molecule has 1 saturated heterocycles. The Kier molecular flexibility index (Phi) is 5.22. The van der Waals surface area contributed by atoms with Crippen molar-refractivity contribution in [2.75, 3.05) is 45.9 Å². The van der Waals surface area contributed by atoms with Crippen molar-refractivity contribution in [3.8, 4) is 17.2 Å². The smallest absolute Gasteiger partial charge is 0.164 e. The average Bonchev–Trinajstić information content (AvgIpc) is 2.47. The summed E-state index contributed by atoms with van der Waals surface area (Å²) in [4.78, 5) is 2.44. The second-order valence-corrected chi connectivity index (χ2v) is 5.63. The zero-order valence-electron chi connectivity index (χ0n) is 11.8. The van der Waals surface area contributed by atoms with E-state index in [9.17, 15) is 0 Å². The number of ether oxygens (including phenoxy) is 3. The monoisotopic (exact) mass is 283 g/mol. The number of hydrogen-bond donors (Lipinski definition) is 0. The number of hydrogen-bond acceptors (Lipinski definition) is 5. The highest BCUT2D eigenvalue weighted by Crippen LogP contribution is 2.35. The maximum atomic E-state index is 5.46. The van der Waals surface area contributed by atoms with Crippen LogP contribution in [0.3, 0.4) is 0 Å². The van der Waals surface area contributed by atoms with Gasteiger partial charge in [0, 0.05) is 42.8 Å². The number of rotatable bonds is 5. The van der Waals surface area contributed by atoms with E-state index in [0.717, 1.165) is 36.7 Å². The lowest BCUT2D eigenvalue weighted by molar-refractivity contribution is 0.285. The van der Waals surface area contributed by atoms with Crippen LogP contribution in [0.4, 0.5) is 0 Å². The fraction of sp³-hybridized carbons (Fsp3) is 0.571. The van der Waals surface area contributed by atoms with Crippen molar-refractivity contribution in [2.45, 2.75) is 6.54 Å². The van der Waals surface area contributed by atoms with Crippen molar-refractivity contribution in [1.29, 1.82) is 0 Å². The normalized spacial score (nSPS) is 16.2. The van der Waals surface area contributed by atoms with Crippen LogP contribution in [0.2, 0.25) is 0 Å². The van der Waals surface area contributed by atoms with Crippen LogP contribution in [0.15, 0.2) is 12.1 Å². The molecule has 5 heteroatoms. The van der Waals surface area contributed by atoms with Crippen molar-refractivity contribution in [1.82, 2.24) is 4.90 Å². The third kappa shape index (κ3) is 3.48. The fourth-order valence-corrected chi connectivity index (χ4v) is 3.19. The van der Waals surface area contributed by atoms with Gasteiger partial charge in [0.1, 0.15) is 5.75 Å². The first kappa shape index (κ1) is 14.3. The Morgan fingerprint density at radius 1 is 0.947 bits per heavy atom. The maximum Gasteiger partial charge on any atom is 0.164 e. The minimum atomic E-state index is 0.706. The predicted molar refractivity (Wildman–Crippen MR) is 78.7 cm³/mol. The van der Waals surface area contributed by atoms with Crippen LogP contribution in [0.25, 0.3) is 0 Å². The molecule has 1 aromatic rings. The Bertz CT molecular complexity index is 419. The molecule has 1 aromatic carbocycles. The van der Waals surface area contributed by atoms with Crippen LogP contribution in [0.5, 0.6) is 17.2 Å². The first-order valence-electron chi connectivity index (χ1n) is 6.37. The quantitative estimate of drug-likeness (QED) is 0.827. The molecule has 0 aliphatic carbocycles. The Morgan fingerprint density at radius 3 is 2.11 bits per heavy atom. The van der Waals surface area contributed by atoms with Gasteiger partial charge in [-0.3, -0.25) is 4.90 Å². The molecule has 4 nitrogen and oxygen atoms in total. The molecule has 2 rings (SSSR count). The Hall–Kier alpha value is -1.07. The van der Waals surface area contributed by atoms with Gasteiger partial charge < -0.3 is 14.2 Å². The first-order chi connectivity index (χ1) is 9.28. The second kappa shape index (κ2) is 6.91.